The molecule has 1 amide bonds. The Hall–Kier alpha value is -1.99. The van der Waals surface area contributed by atoms with E-state index in [4.69, 9.17) is 4.74 Å². The van der Waals surface area contributed by atoms with Gasteiger partial charge in [0.2, 0.25) is 5.91 Å². The maximum absolute atomic E-state index is 12.3. The maximum Gasteiger partial charge on any atom is 0.241 e. The zero-order valence-corrected chi connectivity index (χ0v) is 14.3. The second kappa shape index (κ2) is 7.72. The molecule has 1 saturated heterocycles. The van der Waals surface area contributed by atoms with Crippen LogP contribution in [0.5, 0.6) is 0 Å². The van der Waals surface area contributed by atoms with Gasteiger partial charge in [-0.05, 0) is 18.1 Å². The lowest BCUT2D eigenvalue weighted by Gasteiger charge is -2.36. The minimum atomic E-state index is -0.0374. The van der Waals surface area contributed by atoms with E-state index in [9.17, 15) is 4.79 Å². The number of morpholine rings is 1. The number of nitrogens with zero attached hydrogens (tertiary/aromatic N) is 4. The SMILES string of the molecule is CC(C)[C@H](CNC(=O)Cn1nnc2ccccc21)N1CCOCC1. The van der Waals surface area contributed by atoms with Gasteiger partial charge in [0.15, 0.2) is 0 Å². The lowest BCUT2D eigenvalue weighted by atomic mass is 10.0. The van der Waals surface area contributed by atoms with E-state index in [1.165, 1.54) is 0 Å². The summed E-state index contributed by atoms with van der Waals surface area (Å²) in [7, 11) is 0. The predicted molar refractivity (Wildman–Crippen MR) is 91.6 cm³/mol. The highest BCUT2D eigenvalue weighted by Gasteiger charge is 2.24. The maximum atomic E-state index is 12.3. The molecule has 0 radical (unpaired) electrons. The second-order valence-corrected chi connectivity index (χ2v) is 6.50. The average molecular weight is 331 g/mol. The van der Waals surface area contributed by atoms with Gasteiger partial charge in [0.05, 0.1) is 18.7 Å². The molecule has 2 heterocycles. The van der Waals surface area contributed by atoms with Gasteiger partial charge >= 0.3 is 0 Å². The minimum absolute atomic E-state index is 0.0374. The van der Waals surface area contributed by atoms with Gasteiger partial charge in [0, 0.05) is 25.7 Å². The molecule has 2 aromatic rings. The number of benzene rings is 1. The van der Waals surface area contributed by atoms with Gasteiger partial charge in [-0.1, -0.05) is 31.2 Å². The van der Waals surface area contributed by atoms with Gasteiger partial charge in [-0.25, -0.2) is 4.68 Å². The van der Waals surface area contributed by atoms with E-state index >= 15 is 0 Å². The molecule has 1 aromatic heterocycles. The molecule has 3 rings (SSSR count). The van der Waals surface area contributed by atoms with Crippen LogP contribution in [-0.4, -0.2) is 64.7 Å². The molecule has 0 unspecified atom stereocenters. The minimum Gasteiger partial charge on any atom is -0.379 e. The molecule has 1 aliphatic rings. The van der Waals surface area contributed by atoms with Gasteiger partial charge in [0.1, 0.15) is 12.1 Å². The molecule has 1 atom stereocenters. The summed E-state index contributed by atoms with van der Waals surface area (Å²) in [5.41, 5.74) is 1.68. The summed E-state index contributed by atoms with van der Waals surface area (Å²) < 4.78 is 7.06. The number of para-hydroxylation sites is 1. The predicted octanol–water partition coefficient (Wildman–Crippen LogP) is 0.904. The molecule has 7 heteroatoms. The first-order valence-corrected chi connectivity index (χ1v) is 8.52. The molecule has 130 valence electrons. The van der Waals surface area contributed by atoms with Crippen LogP contribution in [0.1, 0.15) is 13.8 Å². The quantitative estimate of drug-likeness (QED) is 0.852. The Morgan fingerprint density at radius 2 is 2.04 bits per heavy atom. The third-order valence-electron chi connectivity index (χ3n) is 4.51. The Labute approximate surface area is 142 Å². The van der Waals surface area contributed by atoms with Gasteiger partial charge < -0.3 is 10.1 Å². The highest BCUT2D eigenvalue weighted by molar-refractivity contribution is 5.79. The fraction of sp³-hybridized carbons (Fsp3) is 0.588. The van der Waals surface area contributed by atoms with Gasteiger partial charge in [-0.15, -0.1) is 5.10 Å². The van der Waals surface area contributed by atoms with Crippen LogP contribution in [0.15, 0.2) is 24.3 Å². The molecule has 1 aliphatic heterocycles. The highest BCUT2D eigenvalue weighted by atomic mass is 16.5. The van der Waals surface area contributed by atoms with Crippen LogP contribution >= 0.6 is 0 Å². The smallest absolute Gasteiger partial charge is 0.241 e. The standard InChI is InChI=1S/C17H25N5O2/c1-13(2)16(21-7-9-24-10-8-21)11-18-17(23)12-22-15-6-4-3-5-14(15)19-20-22/h3-6,13,16H,7-12H2,1-2H3,(H,18,23)/t16-/m0/s1. The number of ether oxygens (including phenoxy) is 1. The van der Waals surface area contributed by atoms with Crippen LogP contribution < -0.4 is 5.32 Å². The van der Waals surface area contributed by atoms with Crippen molar-refractivity contribution in [3.8, 4) is 0 Å². The van der Waals surface area contributed by atoms with Gasteiger partial charge in [-0.3, -0.25) is 9.69 Å². The van der Waals surface area contributed by atoms with Crippen molar-refractivity contribution >= 4 is 16.9 Å². The number of nitrogens with one attached hydrogen (secondary N) is 1. The third-order valence-corrected chi connectivity index (χ3v) is 4.51. The monoisotopic (exact) mass is 331 g/mol. The van der Waals surface area contributed by atoms with E-state index in [0.717, 1.165) is 37.3 Å². The Morgan fingerprint density at radius 3 is 2.79 bits per heavy atom. The van der Waals surface area contributed by atoms with Gasteiger partial charge in [0.25, 0.3) is 0 Å². The molecule has 0 spiro atoms. The lowest BCUT2D eigenvalue weighted by Crippen LogP contribution is -2.51. The van der Waals surface area contributed by atoms with Crippen LogP contribution in [0.2, 0.25) is 0 Å². The molecule has 0 bridgehead atoms. The van der Waals surface area contributed by atoms with E-state index in [1.807, 2.05) is 24.3 Å². The van der Waals surface area contributed by atoms with Crippen LogP contribution in [0.3, 0.4) is 0 Å². The number of carbonyl (C=O) groups is 1. The topological polar surface area (TPSA) is 72.3 Å². The number of aromatic nitrogens is 3. The molecule has 1 fully saturated rings. The third kappa shape index (κ3) is 3.91. The summed E-state index contributed by atoms with van der Waals surface area (Å²) >= 11 is 0. The van der Waals surface area contributed by atoms with Crippen molar-refractivity contribution in [2.45, 2.75) is 26.4 Å². The van der Waals surface area contributed by atoms with Crippen LogP contribution in [0, 0.1) is 5.92 Å². The summed E-state index contributed by atoms with van der Waals surface area (Å²) in [6, 6.07) is 7.98. The van der Waals surface area contributed by atoms with Crippen molar-refractivity contribution in [3.63, 3.8) is 0 Å². The van der Waals surface area contributed by atoms with Crippen LogP contribution in [0.25, 0.3) is 11.0 Å². The van der Waals surface area contributed by atoms with Crippen molar-refractivity contribution in [1.82, 2.24) is 25.2 Å². The molecule has 0 aliphatic carbocycles. The first-order valence-electron chi connectivity index (χ1n) is 8.52. The number of rotatable bonds is 6. The normalized spacial score (nSPS) is 17.3. The van der Waals surface area contributed by atoms with E-state index in [-0.39, 0.29) is 12.5 Å². The van der Waals surface area contributed by atoms with Crippen LogP contribution in [0.4, 0.5) is 0 Å². The number of fused-ring (bicyclic) bond motifs is 1. The highest BCUT2D eigenvalue weighted by Crippen LogP contribution is 2.12. The molecule has 24 heavy (non-hydrogen) atoms. The Bertz CT molecular complexity index is 678. The lowest BCUT2D eigenvalue weighted by molar-refractivity contribution is -0.122. The second-order valence-electron chi connectivity index (χ2n) is 6.50. The number of hydrogen-bond donors (Lipinski definition) is 1. The molecular formula is C17H25N5O2. The van der Waals surface area contributed by atoms with Crippen molar-refractivity contribution in [1.29, 1.82) is 0 Å². The summed E-state index contributed by atoms with van der Waals surface area (Å²) in [5, 5.41) is 11.2. The van der Waals surface area contributed by atoms with Crippen molar-refractivity contribution < 1.29 is 9.53 Å². The zero-order valence-electron chi connectivity index (χ0n) is 14.3. The first-order chi connectivity index (χ1) is 11.6. The van der Waals surface area contributed by atoms with Gasteiger partial charge in [-0.2, -0.15) is 0 Å². The molecule has 0 saturated carbocycles. The van der Waals surface area contributed by atoms with E-state index < -0.39 is 0 Å². The number of amides is 1. The Morgan fingerprint density at radius 1 is 1.29 bits per heavy atom. The van der Waals surface area contributed by atoms with Crippen LogP contribution in [-0.2, 0) is 16.1 Å². The van der Waals surface area contributed by atoms with Crippen molar-refractivity contribution in [2.75, 3.05) is 32.8 Å². The van der Waals surface area contributed by atoms with Crippen molar-refractivity contribution in [2.24, 2.45) is 5.92 Å². The molecular weight excluding hydrogens is 306 g/mol. The summed E-state index contributed by atoms with van der Waals surface area (Å²) in [4.78, 5) is 14.7. The largest absolute Gasteiger partial charge is 0.379 e. The summed E-state index contributed by atoms with van der Waals surface area (Å²) in [6.45, 7) is 8.59. The zero-order chi connectivity index (χ0) is 16.9. The summed E-state index contributed by atoms with van der Waals surface area (Å²) in [6.07, 6.45) is 0. The molecule has 1 N–H and O–H groups in total. The Kier molecular flexibility index (Phi) is 5.42. The first kappa shape index (κ1) is 16.9. The fourth-order valence-corrected chi connectivity index (χ4v) is 3.14. The molecule has 7 nitrogen and oxygen atoms in total. The van der Waals surface area contributed by atoms with E-state index in [2.05, 4.69) is 34.4 Å². The molecule has 1 aromatic carbocycles. The van der Waals surface area contributed by atoms with E-state index in [0.29, 0.717) is 18.5 Å². The Balaban J connectivity index is 1.57. The summed E-state index contributed by atoms with van der Waals surface area (Å²) in [5.74, 6) is 0.431. The average Bonchev–Trinajstić information content (AvgIpc) is 2.99. The fourth-order valence-electron chi connectivity index (χ4n) is 3.14. The van der Waals surface area contributed by atoms with Crippen molar-refractivity contribution in [3.05, 3.63) is 24.3 Å². The van der Waals surface area contributed by atoms with E-state index in [1.54, 1.807) is 4.68 Å². The number of hydrogen-bond acceptors (Lipinski definition) is 5. The number of carbonyl (C=O) groups excluding carboxylic acids is 1.